The zero-order valence-corrected chi connectivity index (χ0v) is 20.0. The molecule has 0 atom stereocenters. The first-order chi connectivity index (χ1) is 11.0. The van der Waals surface area contributed by atoms with Gasteiger partial charge in [-0.05, 0) is 26.1 Å². The number of likely N-dealkylation sites (N-methyl/N-ethyl adjacent to an activating group) is 1. The van der Waals surface area contributed by atoms with Gasteiger partial charge in [0.1, 0.15) is 0 Å². The van der Waals surface area contributed by atoms with Crippen LogP contribution in [-0.4, -0.2) is 32.1 Å². The molecule has 2 nitrogen and oxygen atoms in total. The minimum Gasteiger partial charge on any atom is -0.677 e. The molecule has 1 aromatic rings. The van der Waals surface area contributed by atoms with Crippen LogP contribution < -0.4 is 0 Å². The van der Waals surface area contributed by atoms with Gasteiger partial charge in [0, 0.05) is 6.54 Å². The molecule has 0 aliphatic heterocycles. The molecule has 1 aromatic carbocycles. The standard InChI is InChI=1S/C17H22N.C4H10N.2ClH.Ti/c1-13(2)16-7-5-6-8-17(16)15-10-9-14(11-15)12-18(3)4;1-2-3-4-5;;;/h5-9,11H,10,12H2,1-4H3;5H,2-4H2,1H3;2*1H;/q2*-1;;;+2. The fourth-order valence-corrected chi connectivity index (χ4v) is 2.62. The van der Waals surface area contributed by atoms with E-state index in [9.17, 15) is 0 Å². The average Bonchev–Trinajstić information content (AvgIpc) is 2.96. The van der Waals surface area contributed by atoms with E-state index in [1.54, 1.807) is 0 Å². The molecular formula is C21H34Cl2N2Ti. The van der Waals surface area contributed by atoms with Crippen LogP contribution in [-0.2, 0) is 21.7 Å². The minimum absolute atomic E-state index is 0. The molecule has 0 saturated carbocycles. The van der Waals surface area contributed by atoms with Crippen LogP contribution in [0.25, 0.3) is 11.3 Å². The predicted molar refractivity (Wildman–Crippen MR) is 118 cm³/mol. The maximum absolute atomic E-state index is 6.60. The molecule has 0 unspecified atom stereocenters. The van der Waals surface area contributed by atoms with Crippen LogP contribution in [0.2, 0.25) is 0 Å². The minimum atomic E-state index is 0. The van der Waals surface area contributed by atoms with Gasteiger partial charge in [0.2, 0.25) is 0 Å². The summed E-state index contributed by atoms with van der Waals surface area (Å²) in [5, 5.41) is 0. The molecule has 146 valence electrons. The second kappa shape index (κ2) is 16.9. The quantitative estimate of drug-likeness (QED) is 0.367. The first-order valence-electron chi connectivity index (χ1n) is 8.58. The zero-order chi connectivity index (χ0) is 17.2. The summed E-state index contributed by atoms with van der Waals surface area (Å²) in [7, 11) is 4.23. The first kappa shape index (κ1) is 30.5. The molecule has 1 aliphatic rings. The maximum Gasteiger partial charge on any atom is 2.00 e. The Bertz CT molecular complexity index is 539. The third-order valence-corrected chi connectivity index (χ3v) is 3.78. The Morgan fingerprint density at radius 2 is 1.73 bits per heavy atom. The van der Waals surface area contributed by atoms with Crippen molar-refractivity contribution < 1.29 is 21.7 Å². The predicted octanol–water partition coefficient (Wildman–Crippen LogP) is 6.60. The monoisotopic (exact) mass is 432 g/mol. The van der Waals surface area contributed by atoms with E-state index >= 15 is 0 Å². The fraction of sp³-hybridized carbons (Fsp3) is 0.476. The molecule has 1 N–H and O–H groups in total. The number of hydrogen-bond acceptors (Lipinski definition) is 1. The third-order valence-electron chi connectivity index (χ3n) is 3.78. The van der Waals surface area contributed by atoms with Crippen molar-refractivity contribution in [2.75, 3.05) is 27.2 Å². The molecule has 0 bridgehead atoms. The van der Waals surface area contributed by atoms with Crippen molar-refractivity contribution in [1.29, 1.82) is 0 Å². The summed E-state index contributed by atoms with van der Waals surface area (Å²) >= 11 is 0. The van der Waals surface area contributed by atoms with E-state index in [2.05, 4.69) is 76.2 Å². The smallest absolute Gasteiger partial charge is 0.677 e. The van der Waals surface area contributed by atoms with Gasteiger partial charge in [0.05, 0.1) is 0 Å². The van der Waals surface area contributed by atoms with Crippen LogP contribution in [0.1, 0.15) is 51.2 Å². The molecular weight excluding hydrogens is 399 g/mol. The SMILES string of the molecule is CCCC[NH-].C[C-](C)c1ccccc1C1=CC(CN(C)C)=CC1.Cl.Cl.[Ti+2]. The van der Waals surface area contributed by atoms with Gasteiger partial charge in [-0.2, -0.15) is 24.1 Å². The topological polar surface area (TPSA) is 27.0 Å². The molecule has 2 rings (SSSR count). The van der Waals surface area contributed by atoms with Gasteiger partial charge in [0.15, 0.2) is 0 Å². The molecule has 0 fully saturated rings. The number of allylic oxidation sites excluding steroid dienone is 2. The van der Waals surface area contributed by atoms with Gasteiger partial charge in [0.25, 0.3) is 0 Å². The van der Waals surface area contributed by atoms with E-state index < -0.39 is 0 Å². The summed E-state index contributed by atoms with van der Waals surface area (Å²) in [6.07, 6.45) is 7.97. The van der Waals surface area contributed by atoms with Crippen LogP contribution in [0.15, 0.2) is 42.0 Å². The van der Waals surface area contributed by atoms with Crippen molar-refractivity contribution in [3.8, 4) is 0 Å². The van der Waals surface area contributed by atoms with Crippen molar-refractivity contribution in [3.05, 3.63) is 64.8 Å². The van der Waals surface area contributed by atoms with E-state index in [1.165, 1.54) is 28.2 Å². The van der Waals surface area contributed by atoms with Crippen molar-refractivity contribution in [3.63, 3.8) is 0 Å². The van der Waals surface area contributed by atoms with E-state index in [1.807, 2.05) is 0 Å². The summed E-state index contributed by atoms with van der Waals surface area (Å²) < 4.78 is 0. The average molecular weight is 433 g/mol. The van der Waals surface area contributed by atoms with Crippen molar-refractivity contribution in [2.24, 2.45) is 0 Å². The Morgan fingerprint density at radius 3 is 2.19 bits per heavy atom. The molecule has 0 amide bonds. The largest absolute Gasteiger partial charge is 2.00 e. The molecule has 5 heteroatoms. The van der Waals surface area contributed by atoms with Gasteiger partial charge in [-0.15, -0.1) is 42.5 Å². The third kappa shape index (κ3) is 10.8. The maximum atomic E-state index is 6.60. The van der Waals surface area contributed by atoms with Gasteiger partial charge in [-0.25, -0.2) is 0 Å². The van der Waals surface area contributed by atoms with E-state index in [4.69, 9.17) is 5.73 Å². The zero-order valence-electron chi connectivity index (χ0n) is 16.8. The second-order valence-electron chi connectivity index (χ2n) is 6.54. The Hall–Kier alpha value is -0.216. The molecule has 0 heterocycles. The van der Waals surface area contributed by atoms with Crippen LogP contribution in [0.3, 0.4) is 0 Å². The molecule has 0 spiro atoms. The summed E-state index contributed by atoms with van der Waals surface area (Å²) in [5.41, 5.74) is 12.2. The van der Waals surface area contributed by atoms with E-state index in [-0.39, 0.29) is 46.5 Å². The van der Waals surface area contributed by atoms with Gasteiger partial charge in [-0.1, -0.05) is 57.4 Å². The summed E-state index contributed by atoms with van der Waals surface area (Å²) in [4.78, 5) is 2.22. The number of nitrogens with zero attached hydrogens (tertiary/aromatic N) is 1. The van der Waals surface area contributed by atoms with Crippen LogP contribution in [0, 0.1) is 5.92 Å². The number of nitrogens with one attached hydrogen (secondary N) is 1. The number of halogens is 2. The van der Waals surface area contributed by atoms with Crippen LogP contribution in [0.5, 0.6) is 0 Å². The molecule has 0 aromatic heterocycles. The molecule has 1 aliphatic carbocycles. The number of rotatable bonds is 6. The van der Waals surface area contributed by atoms with E-state index in [0.717, 1.165) is 25.8 Å². The molecule has 26 heavy (non-hydrogen) atoms. The summed E-state index contributed by atoms with van der Waals surface area (Å²) in [6, 6.07) is 8.71. The van der Waals surface area contributed by atoms with Gasteiger partial charge in [-0.3, -0.25) is 0 Å². The summed E-state index contributed by atoms with van der Waals surface area (Å²) in [5.74, 6) is 1.38. The van der Waals surface area contributed by atoms with Crippen LogP contribution >= 0.6 is 24.8 Å². The second-order valence-corrected chi connectivity index (χ2v) is 6.54. The van der Waals surface area contributed by atoms with Crippen LogP contribution in [0.4, 0.5) is 0 Å². The molecule has 0 saturated heterocycles. The Balaban J connectivity index is -0.000000590. The number of unbranched alkanes of at least 4 members (excludes halogenated alkanes) is 1. The van der Waals surface area contributed by atoms with Gasteiger partial charge >= 0.3 is 21.7 Å². The first-order valence-corrected chi connectivity index (χ1v) is 8.58. The Morgan fingerprint density at radius 1 is 1.12 bits per heavy atom. The number of hydrogen-bond donors (Lipinski definition) is 0. The number of benzene rings is 1. The molecule has 0 radical (unpaired) electrons. The van der Waals surface area contributed by atoms with Crippen molar-refractivity contribution in [2.45, 2.75) is 40.0 Å². The van der Waals surface area contributed by atoms with Crippen molar-refractivity contribution in [1.82, 2.24) is 4.90 Å². The van der Waals surface area contributed by atoms with Gasteiger partial charge < -0.3 is 10.6 Å². The normalized spacial score (nSPS) is 11.8. The Labute approximate surface area is 188 Å². The summed E-state index contributed by atoms with van der Waals surface area (Å²) in [6.45, 7) is 8.08. The fourth-order valence-electron chi connectivity index (χ4n) is 2.62. The Kier molecular flexibility index (Phi) is 19.9. The van der Waals surface area contributed by atoms with Crippen molar-refractivity contribution >= 4 is 30.4 Å². The van der Waals surface area contributed by atoms with E-state index in [0.29, 0.717) is 6.54 Å².